The molecule has 2 heterocycles. The molecular formula is C11H21ClN2OS. The van der Waals surface area contributed by atoms with Crippen LogP contribution in [0.2, 0.25) is 0 Å². The Bertz CT molecular complexity index is 216. The summed E-state index contributed by atoms with van der Waals surface area (Å²) in [6, 6.07) is 0. The zero-order chi connectivity index (χ0) is 10.5. The van der Waals surface area contributed by atoms with Crippen LogP contribution in [-0.4, -0.2) is 37.0 Å². The number of hydrogen-bond acceptors (Lipinski definition) is 3. The quantitative estimate of drug-likeness (QED) is 0.807. The standard InChI is InChI=1S/C11H20N2OS.ClH/c14-11(10-1-4-12-8-10)13-7-9-2-5-15-6-3-9;/h9-10,12H,1-8H2,(H,13,14);1H. The Hall–Kier alpha value is 0.0700. The van der Waals surface area contributed by atoms with Crippen molar-refractivity contribution in [3.8, 4) is 0 Å². The van der Waals surface area contributed by atoms with Crippen LogP contribution in [0.5, 0.6) is 0 Å². The summed E-state index contributed by atoms with van der Waals surface area (Å²) in [7, 11) is 0. The summed E-state index contributed by atoms with van der Waals surface area (Å²) in [6.07, 6.45) is 3.55. The lowest BCUT2D eigenvalue weighted by Gasteiger charge is -2.22. The second kappa shape index (κ2) is 7.41. The highest BCUT2D eigenvalue weighted by molar-refractivity contribution is 7.99. The fourth-order valence-electron chi connectivity index (χ4n) is 2.22. The predicted molar refractivity (Wildman–Crippen MR) is 71.3 cm³/mol. The molecule has 1 atom stereocenters. The second-order valence-electron chi connectivity index (χ2n) is 4.49. The van der Waals surface area contributed by atoms with Gasteiger partial charge in [-0.1, -0.05) is 0 Å². The van der Waals surface area contributed by atoms with Gasteiger partial charge in [-0.05, 0) is 43.2 Å². The van der Waals surface area contributed by atoms with Gasteiger partial charge in [0, 0.05) is 13.1 Å². The normalized spacial score (nSPS) is 26.1. The van der Waals surface area contributed by atoms with E-state index in [1.807, 2.05) is 11.8 Å². The van der Waals surface area contributed by atoms with Crippen molar-refractivity contribution >= 4 is 30.1 Å². The summed E-state index contributed by atoms with van der Waals surface area (Å²) in [4.78, 5) is 11.7. The van der Waals surface area contributed by atoms with Crippen LogP contribution in [0.3, 0.4) is 0 Å². The van der Waals surface area contributed by atoms with Gasteiger partial charge in [0.05, 0.1) is 5.92 Å². The van der Waals surface area contributed by atoms with Gasteiger partial charge in [-0.15, -0.1) is 12.4 Å². The van der Waals surface area contributed by atoms with Crippen molar-refractivity contribution < 1.29 is 4.79 Å². The Morgan fingerprint density at radius 1 is 1.31 bits per heavy atom. The predicted octanol–water partition coefficient (Wildman–Crippen LogP) is 1.28. The molecule has 2 fully saturated rings. The van der Waals surface area contributed by atoms with Crippen molar-refractivity contribution in [2.45, 2.75) is 19.3 Å². The van der Waals surface area contributed by atoms with Crippen molar-refractivity contribution in [2.24, 2.45) is 11.8 Å². The molecule has 0 saturated carbocycles. The van der Waals surface area contributed by atoms with Crippen molar-refractivity contribution in [1.82, 2.24) is 10.6 Å². The van der Waals surface area contributed by atoms with Crippen LogP contribution in [0.25, 0.3) is 0 Å². The molecule has 94 valence electrons. The average Bonchev–Trinajstić information content (AvgIpc) is 2.81. The first-order valence-corrected chi connectivity index (χ1v) is 7.08. The molecule has 0 aromatic carbocycles. The van der Waals surface area contributed by atoms with Gasteiger partial charge in [0.25, 0.3) is 0 Å². The minimum Gasteiger partial charge on any atom is -0.356 e. The van der Waals surface area contributed by atoms with Gasteiger partial charge in [-0.25, -0.2) is 0 Å². The number of carbonyl (C=O) groups is 1. The summed E-state index contributed by atoms with van der Waals surface area (Å²) < 4.78 is 0. The summed E-state index contributed by atoms with van der Waals surface area (Å²) in [5, 5.41) is 6.33. The number of amides is 1. The maximum absolute atomic E-state index is 11.7. The van der Waals surface area contributed by atoms with Crippen LogP contribution in [0.1, 0.15) is 19.3 Å². The molecule has 0 aliphatic carbocycles. The molecule has 0 aromatic heterocycles. The van der Waals surface area contributed by atoms with Crippen LogP contribution < -0.4 is 10.6 Å². The zero-order valence-electron chi connectivity index (χ0n) is 9.54. The van der Waals surface area contributed by atoms with E-state index in [-0.39, 0.29) is 24.2 Å². The van der Waals surface area contributed by atoms with Crippen molar-refractivity contribution in [1.29, 1.82) is 0 Å². The van der Waals surface area contributed by atoms with Gasteiger partial charge >= 0.3 is 0 Å². The first kappa shape index (κ1) is 14.1. The van der Waals surface area contributed by atoms with E-state index >= 15 is 0 Å². The van der Waals surface area contributed by atoms with Crippen LogP contribution in [0.15, 0.2) is 0 Å². The number of hydrogen-bond donors (Lipinski definition) is 2. The molecular weight excluding hydrogens is 244 g/mol. The number of thioether (sulfide) groups is 1. The molecule has 1 amide bonds. The van der Waals surface area contributed by atoms with Crippen LogP contribution in [0, 0.1) is 11.8 Å². The third-order valence-electron chi connectivity index (χ3n) is 3.34. The van der Waals surface area contributed by atoms with Gasteiger partial charge in [-0.3, -0.25) is 4.79 Å². The Labute approximate surface area is 108 Å². The lowest BCUT2D eigenvalue weighted by molar-refractivity contribution is -0.124. The molecule has 0 spiro atoms. The van der Waals surface area contributed by atoms with Crippen molar-refractivity contribution in [3.63, 3.8) is 0 Å². The fraction of sp³-hybridized carbons (Fsp3) is 0.909. The third kappa shape index (κ3) is 4.15. The lowest BCUT2D eigenvalue weighted by atomic mass is 10.0. The zero-order valence-corrected chi connectivity index (χ0v) is 11.2. The summed E-state index contributed by atoms with van der Waals surface area (Å²) >= 11 is 2.04. The second-order valence-corrected chi connectivity index (χ2v) is 5.72. The molecule has 5 heteroatoms. The molecule has 2 saturated heterocycles. The highest BCUT2D eigenvalue weighted by atomic mass is 35.5. The van der Waals surface area contributed by atoms with Gasteiger partial charge in [-0.2, -0.15) is 11.8 Å². The van der Waals surface area contributed by atoms with Crippen LogP contribution >= 0.6 is 24.2 Å². The summed E-state index contributed by atoms with van der Waals surface area (Å²) in [6.45, 7) is 2.76. The molecule has 2 N–H and O–H groups in total. The van der Waals surface area contributed by atoms with Crippen LogP contribution in [0.4, 0.5) is 0 Å². The Morgan fingerprint density at radius 3 is 2.69 bits per heavy atom. The average molecular weight is 265 g/mol. The molecule has 0 aromatic rings. The topological polar surface area (TPSA) is 41.1 Å². The molecule has 3 nitrogen and oxygen atoms in total. The summed E-state index contributed by atoms with van der Waals surface area (Å²) in [5.74, 6) is 3.75. The van der Waals surface area contributed by atoms with Gasteiger partial charge < -0.3 is 10.6 Å². The number of carbonyl (C=O) groups excluding carboxylic acids is 1. The monoisotopic (exact) mass is 264 g/mol. The SMILES string of the molecule is Cl.O=C(NCC1CCSCC1)C1CCNC1. The van der Waals surface area contributed by atoms with Crippen molar-refractivity contribution in [3.05, 3.63) is 0 Å². The van der Waals surface area contributed by atoms with E-state index in [0.29, 0.717) is 0 Å². The number of nitrogens with one attached hydrogen (secondary N) is 2. The van der Waals surface area contributed by atoms with Crippen molar-refractivity contribution in [2.75, 3.05) is 31.1 Å². The van der Waals surface area contributed by atoms with Gasteiger partial charge in [0.2, 0.25) is 5.91 Å². The largest absolute Gasteiger partial charge is 0.356 e. The third-order valence-corrected chi connectivity index (χ3v) is 4.39. The maximum Gasteiger partial charge on any atom is 0.224 e. The van der Waals surface area contributed by atoms with Gasteiger partial charge in [0.15, 0.2) is 0 Å². The first-order valence-electron chi connectivity index (χ1n) is 5.92. The van der Waals surface area contributed by atoms with E-state index in [4.69, 9.17) is 0 Å². The smallest absolute Gasteiger partial charge is 0.224 e. The molecule has 0 bridgehead atoms. The minimum absolute atomic E-state index is 0. The Balaban J connectivity index is 0.00000128. The molecule has 2 aliphatic heterocycles. The first-order chi connectivity index (χ1) is 7.36. The van der Waals surface area contributed by atoms with E-state index in [0.717, 1.165) is 32.0 Å². The van der Waals surface area contributed by atoms with E-state index < -0.39 is 0 Å². The van der Waals surface area contributed by atoms with Gasteiger partial charge in [0.1, 0.15) is 0 Å². The summed E-state index contributed by atoms with van der Waals surface area (Å²) in [5.41, 5.74) is 0. The fourth-order valence-corrected chi connectivity index (χ4v) is 3.42. The lowest BCUT2D eigenvalue weighted by Crippen LogP contribution is -2.36. The number of rotatable bonds is 3. The number of halogens is 1. The van der Waals surface area contributed by atoms with Crippen LogP contribution in [-0.2, 0) is 4.79 Å². The molecule has 2 aliphatic rings. The van der Waals surface area contributed by atoms with E-state index in [9.17, 15) is 4.79 Å². The van der Waals surface area contributed by atoms with E-state index in [2.05, 4.69) is 10.6 Å². The highest BCUT2D eigenvalue weighted by Gasteiger charge is 2.23. The minimum atomic E-state index is 0. The van der Waals surface area contributed by atoms with E-state index in [1.165, 1.54) is 24.3 Å². The molecule has 0 radical (unpaired) electrons. The van der Waals surface area contributed by atoms with E-state index in [1.54, 1.807) is 0 Å². The molecule has 16 heavy (non-hydrogen) atoms. The highest BCUT2D eigenvalue weighted by Crippen LogP contribution is 2.22. The Kier molecular flexibility index (Phi) is 6.54. The molecule has 2 rings (SSSR count). The Morgan fingerprint density at radius 2 is 2.06 bits per heavy atom. The maximum atomic E-state index is 11.7. The molecule has 1 unspecified atom stereocenters.